The van der Waals surface area contributed by atoms with Crippen LogP contribution in [0.5, 0.6) is 5.75 Å². The number of hydrogen-bond acceptors (Lipinski definition) is 10. The summed E-state index contributed by atoms with van der Waals surface area (Å²) in [5.41, 5.74) is 0.891. The molecule has 0 aliphatic carbocycles. The number of alkyl halides is 4. The molecule has 0 saturated heterocycles. The fraction of sp³-hybridized carbons (Fsp3) is 0.423. The second kappa shape index (κ2) is 13.2. The smallest absolute Gasteiger partial charge is 0.406 e. The van der Waals surface area contributed by atoms with Crippen LogP contribution in [-0.2, 0) is 29.0 Å². The summed E-state index contributed by atoms with van der Waals surface area (Å²) in [5.74, 6) is -1.26. The highest BCUT2D eigenvalue weighted by atomic mass is 32.1. The minimum Gasteiger partial charge on any atom is -0.406 e. The topological polar surface area (TPSA) is 134 Å². The molecule has 2 unspecified atom stereocenters. The number of anilines is 1. The highest BCUT2D eigenvalue weighted by Gasteiger charge is 2.40. The Morgan fingerprint density at radius 3 is 2.74 bits per heavy atom. The van der Waals surface area contributed by atoms with E-state index < -0.39 is 29.7 Å². The van der Waals surface area contributed by atoms with Crippen LogP contribution in [0.25, 0.3) is 0 Å². The Balaban J connectivity index is 1.18. The summed E-state index contributed by atoms with van der Waals surface area (Å²) in [5, 5.41) is 23.3. The van der Waals surface area contributed by atoms with Crippen LogP contribution in [0.2, 0.25) is 0 Å². The Hall–Kier alpha value is -4.21. The molecule has 16 heteroatoms. The molecule has 3 aromatic rings. The van der Waals surface area contributed by atoms with Crippen molar-refractivity contribution in [1.29, 1.82) is 0 Å². The number of benzene rings is 1. The van der Waals surface area contributed by atoms with Gasteiger partial charge >= 0.3 is 6.36 Å². The third-order valence-corrected chi connectivity index (χ3v) is 6.99. The van der Waals surface area contributed by atoms with Gasteiger partial charge in [0, 0.05) is 24.9 Å². The minimum absolute atomic E-state index is 0.0617. The third-order valence-electron chi connectivity index (χ3n) is 6.09. The Morgan fingerprint density at radius 2 is 2.00 bits per heavy atom. The van der Waals surface area contributed by atoms with Crippen LogP contribution < -0.4 is 15.4 Å². The molecule has 224 valence electrons. The molecule has 0 radical (unpaired) electrons. The number of amides is 2. The molecule has 0 bridgehead atoms. The van der Waals surface area contributed by atoms with Crippen LogP contribution in [0.4, 0.5) is 22.7 Å². The number of hydrogen-bond donors (Lipinski definition) is 2. The van der Waals surface area contributed by atoms with Gasteiger partial charge in [0.05, 0.1) is 19.5 Å². The van der Waals surface area contributed by atoms with Crippen LogP contribution in [0.15, 0.2) is 52.9 Å². The first-order chi connectivity index (χ1) is 19.9. The lowest BCUT2D eigenvalue weighted by Crippen LogP contribution is -2.46. The lowest BCUT2D eigenvalue weighted by molar-refractivity contribution is -0.274. The predicted octanol–water partition coefficient (Wildman–Crippen LogP) is 4.35. The van der Waals surface area contributed by atoms with Crippen LogP contribution in [0.1, 0.15) is 35.2 Å². The van der Waals surface area contributed by atoms with Crippen LogP contribution >= 0.6 is 11.3 Å². The molecule has 0 fully saturated rings. The molecule has 3 heterocycles. The molecule has 1 aliphatic heterocycles. The van der Waals surface area contributed by atoms with Gasteiger partial charge in [-0.15, -0.1) is 23.4 Å². The number of ether oxygens (including phenoxy) is 1. The summed E-state index contributed by atoms with van der Waals surface area (Å²) >= 11 is 1.07. The predicted molar refractivity (Wildman–Crippen MR) is 144 cm³/mol. The molecule has 2 N–H and O–H groups in total. The molecule has 1 aromatic carbocycles. The van der Waals surface area contributed by atoms with E-state index >= 15 is 0 Å². The van der Waals surface area contributed by atoms with Gasteiger partial charge < -0.3 is 15.4 Å². The van der Waals surface area contributed by atoms with Crippen LogP contribution in [0.3, 0.4) is 0 Å². The fourth-order valence-corrected chi connectivity index (χ4v) is 4.75. The largest absolute Gasteiger partial charge is 0.573 e. The molecule has 0 saturated carbocycles. The van der Waals surface area contributed by atoms with Gasteiger partial charge in [-0.3, -0.25) is 19.6 Å². The quantitative estimate of drug-likeness (QED) is 0.292. The van der Waals surface area contributed by atoms with Gasteiger partial charge in [0.25, 0.3) is 5.91 Å². The average Bonchev–Trinajstić information content (AvgIpc) is 3.52. The lowest BCUT2D eigenvalue weighted by atomic mass is 10.0. The number of carbonyl (C=O) groups is 2. The molecule has 1 aliphatic rings. The van der Waals surface area contributed by atoms with E-state index in [1.54, 1.807) is 13.1 Å². The van der Waals surface area contributed by atoms with Gasteiger partial charge in [0.1, 0.15) is 16.9 Å². The Bertz CT molecular complexity index is 1420. The molecular weight excluding hydrogens is 580 g/mol. The van der Waals surface area contributed by atoms with Crippen molar-refractivity contribution in [2.24, 2.45) is 10.3 Å². The van der Waals surface area contributed by atoms with E-state index in [-0.39, 0.29) is 49.9 Å². The molecule has 4 rings (SSSR count). The first kappa shape index (κ1) is 30.7. The molecule has 0 spiro atoms. The number of aromatic nitrogens is 3. The van der Waals surface area contributed by atoms with Gasteiger partial charge in [-0.25, -0.2) is 4.39 Å². The summed E-state index contributed by atoms with van der Waals surface area (Å²) in [6, 6.07) is 8.83. The van der Waals surface area contributed by atoms with Gasteiger partial charge in [-0.05, 0) is 49.6 Å². The first-order valence-electron chi connectivity index (χ1n) is 12.9. The second-order valence-corrected chi connectivity index (χ2v) is 10.9. The summed E-state index contributed by atoms with van der Waals surface area (Å²) in [6.07, 6.45) is -4.30. The Morgan fingerprint density at radius 1 is 1.19 bits per heavy atom. The maximum absolute atomic E-state index is 14.7. The van der Waals surface area contributed by atoms with Crippen LogP contribution in [-0.4, -0.2) is 63.2 Å². The highest BCUT2D eigenvalue weighted by Crippen LogP contribution is 2.25. The summed E-state index contributed by atoms with van der Waals surface area (Å²) in [4.78, 5) is 29.2. The zero-order valence-electron chi connectivity index (χ0n) is 22.7. The normalized spacial score (nSPS) is 17.2. The first-order valence-corrected chi connectivity index (χ1v) is 13.7. The number of halogens is 4. The van der Waals surface area contributed by atoms with E-state index in [0.717, 1.165) is 34.7 Å². The van der Waals surface area contributed by atoms with Crippen molar-refractivity contribution >= 4 is 28.3 Å². The van der Waals surface area contributed by atoms with Gasteiger partial charge in [0.2, 0.25) is 11.0 Å². The van der Waals surface area contributed by atoms with Crippen molar-refractivity contribution in [2.75, 3.05) is 18.4 Å². The molecular formula is C26H28F4N8O3S. The molecule has 11 nitrogen and oxygen atoms in total. The van der Waals surface area contributed by atoms with E-state index in [0.29, 0.717) is 10.6 Å². The van der Waals surface area contributed by atoms with Crippen LogP contribution in [0, 0.1) is 6.92 Å². The van der Waals surface area contributed by atoms with E-state index in [4.69, 9.17) is 0 Å². The fourth-order valence-electron chi connectivity index (χ4n) is 3.98. The van der Waals surface area contributed by atoms with E-state index in [2.05, 4.69) is 40.9 Å². The average molecular weight is 609 g/mol. The lowest BCUT2D eigenvalue weighted by Gasteiger charge is -2.21. The number of pyridine rings is 1. The van der Waals surface area contributed by atoms with Crippen molar-refractivity contribution < 1.29 is 31.9 Å². The monoisotopic (exact) mass is 608 g/mol. The number of nitrogens with one attached hydrogen (secondary N) is 2. The summed E-state index contributed by atoms with van der Waals surface area (Å²) in [6.45, 7) is 3.86. The Labute approximate surface area is 242 Å². The Kier molecular flexibility index (Phi) is 9.65. The maximum atomic E-state index is 14.7. The van der Waals surface area contributed by atoms with E-state index in [1.807, 2.05) is 19.1 Å². The third kappa shape index (κ3) is 9.15. The van der Waals surface area contributed by atoms with Gasteiger partial charge in [-0.1, -0.05) is 34.8 Å². The standard InChI is InChI=1S/C26H28F4N8O3S/c1-16-6-7-18(12-31-16)13-32-23(40)25(2)15-38(37-36-25)14-19(27)8-9-22-34-35-24(42-22)33-21(39)11-17-4-3-5-20(10-17)41-26(28,29)30/h3-7,10,12,19H,8-9,11,13-15H2,1-2H3,(H,32,40)(H,33,35,39). The SMILES string of the molecule is Cc1ccc(CNC(=O)C2(C)CN(CC(F)CCc3nnc(NC(=O)Cc4cccc(OC(F)(F)F)c4)s3)N=N2)cn1. The van der Waals surface area contributed by atoms with E-state index in [9.17, 15) is 27.2 Å². The zero-order chi connectivity index (χ0) is 30.3. The zero-order valence-corrected chi connectivity index (χ0v) is 23.5. The van der Waals surface area contributed by atoms with Crippen molar-refractivity contribution in [3.63, 3.8) is 0 Å². The minimum atomic E-state index is -4.83. The van der Waals surface area contributed by atoms with Gasteiger partial charge in [-0.2, -0.15) is 5.11 Å². The molecule has 2 amide bonds. The number of nitrogens with zero attached hydrogens (tertiary/aromatic N) is 6. The number of carbonyl (C=O) groups excluding carboxylic acids is 2. The second-order valence-electron chi connectivity index (χ2n) is 9.86. The molecule has 2 aromatic heterocycles. The number of aryl methyl sites for hydroxylation is 2. The van der Waals surface area contributed by atoms with Crippen molar-refractivity contribution in [3.05, 3.63) is 64.4 Å². The maximum Gasteiger partial charge on any atom is 0.573 e. The number of rotatable bonds is 12. The molecule has 2 atom stereocenters. The van der Waals surface area contributed by atoms with Crippen molar-refractivity contribution in [1.82, 2.24) is 25.5 Å². The highest BCUT2D eigenvalue weighted by molar-refractivity contribution is 7.15. The van der Waals surface area contributed by atoms with Crippen molar-refractivity contribution in [2.45, 2.75) is 57.7 Å². The molecule has 42 heavy (non-hydrogen) atoms. The summed E-state index contributed by atoms with van der Waals surface area (Å²) < 4.78 is 55.9. The van der Waals surface area contributed by atoms with Gasteiger partial charge in [0.15, 0.2) is 5.54 Å². The van der Waals surface area contributed by atoms with E-state index in [1.165, 1.54) is 17.1 Å². The summed E-state index contributed by atoms with van der Waals surface area (Å²) in [7, 11) is 0. The van der Waals surface area contributed by atoms with Crippen molar-refractivity contribution in [3.8, 4) is 5.75 Å².